The molecule has 1 aromatic carbocycles. The highest BCUT2D eigenvalue weighted by molar-refractivity contribution is 7.20. The molecule has 0 aliphatic heterocycles. The Bertz CT molecular complexity index is 472. The lowest BCUT2D eigenvalue weighted by Crippen LogP contribution is -1.80. The second-order valence-electron chi connectivity index (χ2n) is 4.42. The van der Waals surface area contributed by atoms with E-state index in [2.05, 4.69) is 50.3 Å². The van der Waals surface area contributed by atoms with Gasteiger partial charge in [0.25, 0.3) is 0 Å². The summed E-state index contributed by atoms with van der Waals surface area (Å²) in [6.07, 6.45) is 7.28. The first-order valence-electron chi connectivity index (χ1n) is 6.53. The molecule has 0 saturated heterocycles. The van der Waals surface area contributed by atoms with Gasteiger partial charge in [-0.05, 0) is 35.9 Å². The Morgan fingerprint density at radius 1 is 1.18 bits per heavy atom. The number of thiophene rings is 1. The molecule has 0 radical (unpaired) electrons. The van der Waals surface area contributed by atoms with Gasteiger partial charge < -0.3 is 0 Å². The van der Waals surface area contributed by atoms with Crippen LogP contribution in [0.3, 0.4) is 0 Å². The highest BCUT2D eigenvalue weighted by atomic mass is 32.1. The Balaban J connectivity index is 2.34. The average molecular weight is 244 g/mol. The van der Waals surface area contributed by atoms with Crippen molar-refractivity contribution >= 4 is 27.0 Å². The maximum atomic E-state index is 2.42. The molecule has 90 valence electrons. The van der Waals surface area contributed by atoms with Gasteiger partial charge in [0.15, 0.2) is 0 Å². The van der Waals surface area contributed by atoms with Gasteiger partial charge in [0.2, 0.25) is 0 Å². The lowest BCUT2D eigenvalue weighted by Gasteiger charge is -2.02. The number of rotatable bonds is 5. The Morgan fingerprint density at radius 2 is 2.00 bits per heavy atom. The van der Waals surface area contributed by atoms with Gasteiger partial charge in [-0.3, -0.25) is 0 Å². The Hall–Kier alpha value is -1.08. The van der Waals surface area contributed by atoms with Crippen LogP contribution >= 0.6 is 11.3 Å². The van der Waals surface area contributed by atoms with Crippen LogP contribution in [0.2, 0.25) is 0 Å². The van der Waals surface area contributed by atoms with Crippen molar-refractivity contribution in [3.05, 3.63) is 41.3 Å². The zero-order valence-corrected chi connectivity index (χ0v) is 11.5. The molecule has 17 heavy (non-hydrogen) atoms. The maximum Gasteiger partial charge on any atom is 0.0349 e. The third-order valence-electron chi connectivity index (χ3n) is 2.94. The van der Waals surface area contributed by atoms with E-state index in [1.807, 2.05) is 11.3 Å². The molecule has 2 rings (SSSR count). The minimum absolute atomic E-state index is 1.20. The smallest absolute Gasteiger partial charge is 0.0349 e. The van der Waals surface area contributed by atoms with Crippen LogP contribution in [0.5, 0.6) is 0 Å². The molecule has 0 aliphatic rings. The molecule has 1 aromatic heterocycles. The summed E-state index contributed by atoms with van der Waals surface area (Å²) in [6, 6.07) is 11.0. The first-order chi connectivity index (χ1) is 8.35. The van der Waals surface area contributed by atoms with Gasteiger partial charge in [-0.2, -0.15) is 0 Å². The second-order valence-corrected chi connectivity index (χ2v) is 5.50. The summed E-state index contributed by atoms with van der Waals surface area (Å²) >= 11 is 1.93. The second kappa shape index (κ2) is 6.02. The molecule has 2 aromatic rings. The van der Waals surface area contributed by atoms with Crippen LogP contribution in [0.1, 0.15) is 44.4 Å². The van der Waals surface area contributed by atoms with Crippen molar-refractivity contribution in [1.82, 2.24) is 0 Å². The Morgan fingerprint density at radius 3 is 2.71 bits per heavy atom. The molecule has 0 spiro atoms. The molecule has 0 fully saturated rings. The lowest BCUT2D eigenvalue weighted by molar-refractivity contribution is 0.935. The van der Waals surface area contributed by atoms with Crippen LogP contribution in [0, 0.1) is 0 Å². The minimum atomic E-state index is 1.20. The van der Waals surface area contributed by atoms with Gasteiger partial charge in [-0.1, -0.05) is 51.0 Å². The van der Waals surface area contributed by atoms with Crippen molar-refractivity contribution in [3.8, 4) is 0 Å². The topological polar surface area (TPSA) is 0 Å². The Labute approximate surface area is 108 Å². The molecule has 1 heterocycles. The largest absolute Gasteiger partial charge is 0.136 e. The number of allylic oxidation sites excluding steroid dienone is 2. The summed E-state index contributed by atoms with van der Waals surface area (Å²) in [5.74, 6) is 0. The van der Waals surface area contributed by atoms with Crippen LogP contribution in [0.4, 0.5) is 0 Å². The van der Waals surface area contributed by atoms with E-state index in [0.29, 0.717) is 0 Å². The summed E-state index contributed by atoms with van der Waals surface area (Å²) in [4.78, 5) is 1.46. The monoisotopic (exact) mass is 244 g/mol. The minimum Gasteiger partial charge on any atom is -0.136 e. The first kappa shape index (κ1) is 12.4. The van der Waals surface area contributed by atoms with E-state index in [4.69, 9.17) is 0 Å². The molecule has 0 aliphatic carbocycles. The van der Waals surface area contributed by atoms with Crippen molar-refractivity contribution in [2.75, 3.05) is 0 Å². The maximum absolute atomic E-state index is 2.42. The predicted molar refractivity (Wildman–Crippen MR) is 79.6 cm³/mol. The SMILES string of the molecule is CCC/C=C(\CCC)c1cc2ccccc2s1. The lowest BCUT2D eigenvalue weighted by atomic mass is 10.1. The van der Waals surface area contributed by atoms with Crippen LogP contribution in [-0.2, 0) is 0 Å². The van der Waals surface area contributed by atoms with Gasteiger partial charge in [-0.25, -0.2) is 0 Å². The molecule has 0 amide bonds. The van der Waals surface area contributed by atoms with E-state index in [0.717, 1.165) is 0 Å². The number of unbranched alkanes of at least 4 members (excludes halogenated alkanes) is 1. The van der Waals surface area contributed by atoms with E-state index in [1.54, 1.807) is 0 Å². The first-order valence-corrected chi connectivity index (χ1v) is 7.34. The standard InChI is InChI=1S/C16H20S/c1-3-5-9-13(8-4-2)16-12-14-10-6-7-11-15(14)17-16/h6-7,9-12H,3-5,8H2,1-2H3/b13-9+. The summed E-state index contributed by atoms with van der Waals surface area (Å²) in [5.41, 5.74) is 1.54. The number of fused-ring (bicyclic) bond motifs is 1. The molecule has 0 atom stereocenters. The average Bonchev–Trinajstić information content (AvgIpc) is 2.78. The van der Waals surface area contributed by atoms with E-state index in [9.17, 15) is 0 Å². The summed E-state index contributed by atoms with van der Waals surface area (Å²) in [5, 5.41) is 1.38. The fourth-order valence-corrected chi connectivity index (χ4v) is 3.18. The Kier molecular flexibility index (Phi) is 4.38. The van der Waals surface area contributed by atoms with Gasteiger partial charge in [-0.15, -0.1) is 11.3 Å². The van der Waals surface area contributed by atoms with E-state index in [1.165, 1.54) is 46.2 Å². The molecule has 0 nitrogen and oxygen atoms in total. The zero-order valence-electron chi connectivity index (χ0n) is 10.7. The van der Waals surface area contributed by atoms with Crippen LogP contribution in [0.25, 0.3) is 15.7 Å². The summed E-state index contributed by atoms with van der Waals surface area (Å²) in [7, 11) is 0. The molecule has 0 bridgehead atoms. The number of hydrogen-bond donors (Lipinski definition) is 0. The number of benzene rings is 1. The van der Waals surface area contributed by atoms with Crippen molar-refractivity contribution in [2.45, 2.75) is 39.5 Å². The third-order valence-corrected chi connectivity index (χ3v) is 4.13. The van der Waals surface area contributed by atoms with Crippen molar-refractivity contribution in [2.24, 2.45) is 0 Å². The number of hydrogen-bond acceptors (Lipinski definition) is 1. The van der Waals surface area contributed by atoms with E-state index >= 15 is 0 Å². The molecule has 0 unspecified atom stereocenters. The normalized spacial score (nSPS) is 12.2. The highest BCUT2D eigenvalue weighted by Crippen LogP contribution is 2.32. The van der Waals surface area contributed by atoms with Crippen LogP contribution < -0.4 is 0 Å². The van der Waals surface area contributed by atoms with Gasteiger partial charge in [0.1, 0.15) is 0 Å². The fourth-order valence-electron chi connectivity index (χ4n) is 2.05. The molecule has 1 heteroatoms. The summed E-state index contributed by atoms with van der Waals surface area (Å²) < 4.78 is 1.40. The van der Waals surface area contributed by atoms with Crippen molar-refractivity contribution in [1.29, 1.82) is 0 Å². The third kappa shape index (κ3) is 2.98. The molecular weight excluding hydrogens is 224 g/mol. The van der Waals surface area contributed by atoms with Crippen LogP contribution in [0.15, 0.2) is 36.4 Å². The van der Waals surface area contributed by atoms with Crippen LogP contribution in [-0.4, -0.2) is 0 Å². The van der Waals surface area contributed by atoms with Crippen molar-refractivity contribution < 1.29 is 0 Å². The highest BCUT2D eigenvalue weighted by Gasteiger charge is 2.05. The predicted octanol–water partition coefficient (Wildman–Crippen LogP) is 5.88. The van der Waals surface area contributed by atoms with E-state index in [-0.39, 0.29) is 0 Å². The molecule has 0 N–H and O–H groups in total. The fraction of sp³-hybridized carbons (Fsp3) is 0.375. The summed E-state index contributed by atoms with van der Waals surface area (Å²) in [6.45, 7) is 4.50. The van der Waals surface area contributed by atoms with E-state index < -0.39 is 0 Å². The molecule has 0 saturated carbocycles. The quantitative estimate of drug-likeness (QED) is 0.615. The van der Waals surface area contributed by atoms with Gasteiger partial charge >= 0.3 is 0 Å². The van der Waals surface area contributed by atoms with Gasteiger partial charge in [0, 0.05) is 9.58 Å². The van der Waals surface area contributed by atoms with Gasteiger partial charge in [0.05, 0.1) is 0 Å². The van der Waals surface area contributed by atoms with Crippen molar-refractivity contribution in [3.63, 3.8) is 0 Å². The molecular formula is C16H20S. The zero-order chi connectivity index (χ0) is 12.1.